The van der Waals surface area contributed by atoms with Crippen LogP contribution in [-0.2, 0) is 0 Å². The van der Waals surface area contributed by atoms with E-state index in [9.17, 15) is 4.39 Å². The summed E-state index contributed by atoms with van der Waals surface area (Å²) in [6.07, 6.45) is 3.32. The molecule has 1 aliphatic rings. The highest BCUT2D eigenvalue weighted by molar-refractivity contribution is 6.30. The topological polar surface area (TPSA) is 29.9 Å². The van der Waals surface area contributed by atoms with Gasteiger partial charge in [0.15, 0.2) is 5.82 Å². The number of nitrogens with zero attached hydrogens (tertiary/aromatic N) is 2. The second-order valence-electron chi connectivity index (χ2n) is 4.81. The van der Waals surface area contributed by atoms with E-state index < -0.39 is 0 Å². The molecule has 2 aromatic rings. The number of aromatic nitrogens is 2. The molecule has 1 aromatic carbocycles. The Morgan fingerprint density at radius 2 is 1.85 bits per heavy atom. The van der Waals surface area contributed by atoms with Crippen molar-refractivity contribution in [1.29, 1.82) is 0 Å². The lowest BCUT2D eigenvalue weighted by molar-refractivity contribution is 0.437. The van der Waals surface area contributed by atoms with Crippen molar-refractivity contribution in [2.24, 2.45) is 0 Å². The van der Waals surface area contributed by atoms with Crippen LogP contribution < -0.4 is 5.32 Å². The van der Waals surface area contributed by atoms with Crippen LogP contribution in [0.2, 0.25) is 5.02 Å². The van der Waals surface area contributed by atoms with Gasteiger partial charge in [0.1, 0.15) is 5.69 Å². The van der Waals surface area contributed by atoms with E-state index in [2.05, 4.69) is 10.4 Å². The van der Waals surface area contributed by atoms with Crippen LogP contribution in [0.25, 0.3) is 5.69 Å². The Morgan fingerprint density at radius 3 is 2.50 bits per heavy atom. The molecule has 0 unspecified atom stereocenters. The number of hydrogen-bond acceptors (Lipinski definition) is 2. The molecule has 20 heavy (non-hydrogen) atoms. The van der Waals surface area contributed by atoms with E-state index in [-0.39, 0.29) is 24.1 Å². The molecule has 1 saturated heterocycles. The Morgan fingerprint density at radius 1 is 1.20 bits per heavy atom. The van der Waals surface area contributed by atoms with E-state index in [0.717, 1.165) is 31.6 Å². The molecule has 0 amide bonds. The second kappa shape index (κ2) is 6.57. The highest BCUT2D eigenvalue weighted by Crippen LogP contribution is 2.26. The Kier molecular flexibility index (Phi) is 5.02. The summed E-state index contributed by atoms with van der Waals surface area (Å²) in [6.45, 7) is 1.86. The van der Waals surface area contributed by atoms with Gasteiger partial charge in [0, 0.05) is 10.9 Å². The number of benzene rings is 1. The molecule has 3 rings (SSSR count). The third-order valence-electron chi connectivity index (χ3n) is 3.51. The lowest BCUT2D eigenvalue weighted by Gasteiger charge is -2.20. The first-order valence-corrected chi connectivity index (χ1v) is 6.83. The first kappa shape index (κ1) is 15.3. The van der Waals surface area contributed by atoms with Crippen LogP contribution in [-0.4, -0.2) is 22.9 Å². The van der Waals surface area contributed by atoms with Gasteiger partial charge in [-0.25, -0.2) is 9.07 Å². The van der Waals surface area contributed by atoms with Crippen LogP contribution in [0.4, 0.5) is 4.39 Å². The maximum atomic E-state index is 14.0. The van der Waals surface area contributed by atoms with E-state index in [1.807, 2.05) is 12.1 Å². The maximum absolute atomic E-state index is 14.0. The summed E-state index contributed by atoms with van der Waals surface area (Å²) >= 11 is 5.85. The van der Waals surface area contributed by atoms with Gasteiger partial charge in [-0.2, -0.15) is 5.10 Å². The molecule has 0 aliphatic carbocycles. The summed E-state index contributed by atoms with van der Waals surface area (Å²) in [5.41, 5.74) is 1.40. The van der Waals surface area contributed by atoms with Crippen molar-refractivity contribution < 1.29 is 4.39 Å². The van der Waals surface area contributed by atoms with Crippen molar-refractivity contribution >= 4 is 24.0 Å². The van der Waals surface area contributed by atoms with Crippen molar-refractivity contribution in [3.05, 3.63) is 47.0 Å². The molecule has 3 nitrogen and oxygen atoms in total. The molecule has 1 aromatic heterocycles. The largest absolute Gasteiger partial charge is 0.317 e. The number of rotatable bonds is 2. The van der Waals surface area contributed by atoms with Crippen LogP contribution >= 0.6 is 24.0 Å². The van der Waals surface area contributed by atoms with E-state index in [1.165, 1.54) is 6.20 Å². The molecular formula is C14H16Cl2FN3. The van der Waals surface area contributed by atoms with E-state index in [1.54, 1.807) is 16.8 Å². The molecular weight excluding hydrogens is 300 g/mol. The van der Waals surface area contributed by atoms with Crippen LogP contribution in [0.15, 0.2) is 30.5 Å². The number of halogens is 3. The zero-order chi connectivity index (χ0) is 13.2. The molecule has 0 radical (unpaired) electrons. The number of nitrogens with one attached hydrogen (secondary N) is 1. The van der Waals surface area contributed by atoms with Gasteiger partial charge < -0.3 is 5.32 Å². The van der Waals surface area contributed by atoms with Gasteiger partial charge >= 0.3 is 0 Å². The predicted molar refractivity (Wildman–Crippen MR) is 80.6 cm³/mol. The Bertz CT molecular complexity index is 562. The Labute approximate surface area is 128 Å². The minimum Gasteiger partial charge on any atom is -0.317 e. The van der Waals surface area contributed by atoms with Gasteiger partial charge in [-0.15, -0.1) is 12.4 Å². The molecule has 1 N–H and O–H groups in total. The molecule has 0 atom stereocenters. The minimum absolute atomic E-state index is 0. The van der Waals surface area contributed by atoms with Crippen LogP contribution in [0, 0.1) is 5.82 Å². The maximum Gasteiger partial charge on any atom is 0.165 e. The molecule has 6 heteroatoms. The highest BCUT2D eigenvalue weighted by Gasteiger charge is 2.22. The van der Waals surface area contributed by atoms with E-state index >= 15 is 0 Å². The van der Waals surface area contributed by atoms with Gasteiger partial charge in [0.05, 0.1) is 11.9 Å². The fourth-order valence-corrected chi connectivity index (χ4v) is 2.59. The lowest BCUT2D eigenvalue weighted by atomic mass is 9.95. The Balaban J connectivity index is 0.00000147. The van der Waals surface area contributed by atoms with Gasteiger partial charge in [-0.05, 0) is 50.2 Å². The van der Waals surface area contributed by atoms with Crippen molar-refractivity contribution in [3.8, 4) is 5.69 Å². The van der Waals surface area contributed by atoms with E-state index in [4.69, 9.17) is 11.6 Å². The predicted octanol–water partition coefficient (Wildman–Crippen LogP) is 3.55. The summed E-state index contributed by atoms with van der Waals surface area (Å²) < 4.78 is 15.6. The first-order valence-electron chi connectivity index (χ1n) is 6.46. The molecule has 1 fully saturated rings. The van der Waals surface area contributed by atoms with Gasteiger partial charge in [0.2, 0.25) is 0 Å². The molecule has 108 valence electrons. The van der Waals surface area contributed by atoms with Crippen molar-refractivity contribution in [1.82, 2.24) is 15.1 Å². The van der Waals surface area contributed by atoms with Crippen molar-refractivity contribution in [3.63, 3.8) is 0 Å². The smallest absolute Gasteiger partial charge is 0.165 e. The van der Waals surface area contributed by atoms with Crippen molar-refractivity contribution in [2.75, 3.05) is 13.1 Å². The number of hydrogen-bond donors (Lipinski definition) is 1. The summed E-state index contributed by atoms with van der Waals surface area (Å²) in [4.78, 5) is 0. The molecule has 0 bridgehead atoms. The van der Waals surface area contributed by atoms with Crippen molar-refractivity contribution in [2.45, 2.75) is 18.8 Å². The average Bonchev–Trinajstić information content (AvgIpc) is 2.83. The molecule has 2 heterocycles. The quantitative estimate of drug-likeness (QED) is 0.918. The minimum atomic E-state index is -0.221. The molecule has 1 aliphatic heterocycles. The Hall–Kier alpha value is -1.10. The fourth-order valence-electron chi connectivity index (χ4n) is 2.46. The van der Waals surface area contributed by atoms with Crippen LogP contribution in [0.1, 0.15) is 24.5 Å². The number of piperidine rings is 1. The second-order valence-corrected chi connectivity index (χ2v) is 5.24. The summed E-state index contributed by atoms with van der Waals surface area (Å²) in [5.74, 6) is -0.00310. The SMILES string of the molecule is Cl.Fc1cn(-c2ccc(Cl)cc2)nc1C1CCNCC1. The summed E-state index contributed by atoms with van der Waals surface area (Å²) in [5, 5.41) is 8.34. The zero-order valence-corrected chi connectivity index (χ0v) is 12.4. The van der Waals surface area contributed by atoms with Gasteiger partial charge in [-0.1, -0.05) is 11.6 Å². The third kappa shape index (κ3) is 3.14. The molecule has 0 spiro atoms. The van der Waals surface area contributed by atoms with E-state index in [0.29, 0.717) is 10.7 Å². The molecule has 0 saturated carbocycles. The highest BCUT2D eigenvalue weighted by atomic mass is 35.5. The third-order valence-corrected chi connectivity index (χ3v) is 3.76. The monoisotopic (exact) mass is 315 g/mol. The van der Waals surface area contributed by atoms with Crippen LogP contribution in [0.3, 0.4) is 0 Å². The average molecular weight is 316 g/mol. The fraction of sp³-hybridized carbons (Fsp3) is 0.357. The lowest BCUT2D eigenvalue weighted by Crippen LogP contribution is -2.27. The van der Waals surface area contributed by atoms with Gasteiger partial charge in [0.25, 0.3) is 0 Å². The zero-order valence-electron chi connectivity index (χ0n) is 10.9. The van der Waals surface area contributed by atoms with Crippen LogP contribution in [0.5, 0.6) is 0 Å². The summed E-state index contributed by atoms with van der Waals surface area (Å²) in [6, 6.07) is 7.23. The summed E-state index contributed by atoms with van der Waals surface area (Å²) in [7, 11) is 0. The first-order chi connectivity index (χ1) is 9.24. The normalized spacial score (nSPS) is 15.9. The van der Waals surface area contributed by atoms with Gasteiger partial charge in [-0.3, -0.25) is 0 Å². The standard InChI is InChI=1S/C14H15ClFN3.ClH/c15-11-1-3-12(4-2-11)19-9-13(16)14(18-19)10-5-7-17-8-6-10;/h1-4,9-10,17H,5-8H2;1H.